The average Bonchev–Trinajstić information content (AvgIpc) is 2.90. The van der Waals surface area contributed by atoms with Crippen LogP contribution >= 0.6 is 0 Å². The number of hydrogen-bond acceptors (Lipinski definition) is 3. The van der Waals surface area contributed by atoms with E-state index in [4.69, 9.17) is 5.73 Å². The fourth-order valence-corrected chi connectivity index (χ4v) is 5.39. The molecule has 0 aromatic heterocycles. The molecule has 21 heavy (non-hydrogen) atoms. The van der Waals surface area contributed by atoms with Crippen molar-refractivity contribution in [3.63, 3.8) is 0 Å². The summed E-state index contributed by atoms with van der Waals surface area (Å²) in [6.07, 6.45) is 7.24. The zero-order valence-corrected chi connectivity index (χ0v) is 13.2. The Bertz CT molecular complexity index is 596. The van der Waals surface area contributed by atoms with Crippen LogP contribution in [0.25, 0.3) is 0 Å². The van der Waals surface area contributed by atoms with Gasteiger partial charge in [0.15, 0.2) is 0 Å². The first-order chi connectivity index (χ1) is 10.0. The van der Waals surface area contributed by atoms with Gasteiger partial charge in [-0.2, -0.15) is 0 Å². The lowest BCUT2D eigenvalue weighted by atomic mass is 9.78. The zero-order valence-electron chi connectivity index (χ0n) is 12.4. The van der Waals surface area contributed by atoms with Crippen molar-refractivity contribution < 1.29 is 8.42 Å². The number of sulfonamides is 1. The van der Waals surface area contributed by atoms with Gasteiger partial charge in [0, 0.05) is 18.8 Å². The number of nitrogens with zero attached hydrogens (tertiary/aromatic N) is 1. The second-order valence-electron chi connectivity index (χ2n) is 6.56. The number of para-hydroxylation sites is 1. The van der Waals surface area contributed by atoms with Crippen molar-refractivity contribution >= 4 is 15.7 Å². The molecule has 1 heterocycles. The van der Waals surface area contributed by atoms with E-state index >= 15 is 0 Å². The van der Waals surface area contributed by atoms with Gasteiger partial charge in [0.2, 0.25) is 10.0 Å². The lowest BCUT2D eigenvalue weighted by Gasteiger charge is -2.38. The summed E-state index contributed by atoms with van der Waals surface area (Å²) in [6.45, 7) is 1.35. The van der Waals surface area contributed by atoms with Crippen LogP contribution in [0.5, 0.6) is 0 Å². The van der Waals surface area contributed by atoms with E-state index in [1.165, 1.54) is 25.7 Å². The number of nitrogens with two attached hydrogens (primary N) is 1. The molecule has 1 spiro atoms. The summed E-state index contributed by atoms with van der Waals surface area (Å²) in [7, 11) is -3.25. The van der Waals surface area contributed by atoms with E-state index < -0.39 is 10.0 Å². The minimum absolute atomic E-state index is 0.0205. The number of nitrogen functional groups attached to an aromatic ring is 1. The molecule has 2 aliphatic rings. The fourth-order valence-electron chi connectivity index (χ4n) is 3.82. The van der Waals surface area contributed by atoms with E-state index in [1.54, 1.807) is 16.4 Å². The van der Waals surface area contributed by atoms with E-state index in [0.717, 1.165) is 12.8 Å². The summed E-state index contributed by atoms with van der Waals surface area (Å²) in [5.74, 6) is 0.0205. The molecular weight excluding hydrogens is 284 g/mol. The molecule has 1 saturated carbocycles. The molecular formula is C16H24N2O2S. The number of anilines is 1. The molecule has 2 N–H and O–H groups in total. The summed E-state index contributed by atoms with van der Waals surface area (Å²) in [5.41, 5.74) is 7.58. The normalized spacial score (nSPS) is 22.7. The molecule has 0 bridgehead atoms. The van der Waals surface area contributed by atoms with Crippen LogP contribution in [0, 0.1) is 5.41 Å². The maximum Gasteiger partial charge on any atom is 0.218 e. The second kappa shape index (κ2) is 5.61. The third-order valence-corrected chi connectivity index (χ3v) is 7.06. The highest BCUT2D eigenvalue weighted by atomic mass is 32.2. The summed E-state index contributed by atoms with van der Waals surface area (Å²) in [5, 5.41) is 0. The number of benzene rings is 1. The Morgan fingerprint density at radius 3 is 2.29 bits per heavy atom. The smallest absolute Gasteiger partial charge is 0.218 e. The minimum atomic E-state index is -3.25. The maximum absolute atomic E-state index is 12.6. The maximum atomic E-state index is 12.6. The van der Waals surface area contributed by atoms with Gasteiger partial charge in [-0.1, -0.05) is 31.0 Å². The van der Waals surface area contributed by atoms with Crippen molar-refractivity contribution in [2.24, 2.45) is 5.41 Å². The molecule has 1 saturated heterocycles. The molecule has 2 fully saturated rings. The SMILES string of the molecule is Nc1ccccc1CS(=O)(=O)N1CCC2(CCCC2)CC1. The highest BCUT2D eigenvalue weighted by Crippen LogP contribution is 2.46. The largest absolute Gasteiger partial charge is 0.398 e. The molecule has 0 amide bonds. The number of hydrogen-bond donors (Lipinski definition) is 1. The Balaban J connectivity index is 1.68. The topological polar surface area (TPSA) is 63.4 Å². The minimum Gasteiger partial charge on any atom is -0.398 e. The molecule has 1 aliphatic carbocycles. The number of rotatable bonds is 3. The van der Waals surface area contributed by atoms with Crippen molar-refractivity contribution in [1.29, 1.82) is 0 Å². The Labute approximate surface area is 127 Å². The number of piperidine rings is 1. The molecule has 116 valence electrons. The van der Waals surface area contributed by atoms with Gasteiger partial charge in [0.05, 0.1) is 5.75 Å². The monoisotopic (exact) mass is 308 g/mol. The first-order valence-electron chi connectivity index (χ1n) is 7.82. The van der Waals surface area contributed by atoms with E-state index in [9.17, 15) is 8.42 Å². The van der Waals surface area contributed by atoms with Crippen LogP contribution in [0.2, 0.25) is 0 Å². The lowest BCUT2D eigenvalue weighted by Crippen LogP contribution is -2.42. The quantitative estimate of drug-likeness (QED) is 0.873. The van der Waals surface area contributed by atoms with Gasteiger partial charge in [0.1, 0.15) is 0 Å². The van der Waals surface area contributed by atoms with Gasteiger partial charge in [-0.15, -0.1) is 0 Å². The van der Waals surface area contributed by atoms with E-state index in [-0.39, 0.29) is 5.75 Å². The van der Waals surface area contributed by atoms with Crippen LogP contribution in [0.4, 0.5) is 5.69 Å². The molecule has 0 atom stereocenters. The summed E-state index contributed by atoms with van der Waals surface area (Å²) >= 11 is 0. The van der Waals surface area contributed by atoms with Crippen molar-refractivity contribution in [2.75, 3.05) is 18.8 Å². The first kappa shape index (κ1) is 14.9. The molecule has 4 nitrogen and oxygen atoms in total. The van der Waals surface area contributed by atoms with Gasteiger partial charge in [-0.05, 0) is 42.7 Å². The van der Waals surface area contributed by atoms with E-state index in [0.29, 0.717) is 29.8 Å². The zero-order chi connectivity index (χ0) is 14.9. The molecule has 1 aromatic rings. The molecule has 0 unspecified atom stereocenters. The lowest BCUT2D eigenvalue weighted by molar-refractivity contribution is 0.160. The predicted octanol–water partition coefficient (Wildman–Crippen LogP) is 2.75. The molecule has 5 heteroatoms. The average molecular weight is 308 g/mol. The highest BCUT2D eigenvalue weighted by Gasteiger charge is 2.39. The molecule has 3 rings (SSSR count). The van der Waals surface area contributed by atoms with Gasteiger partial charge >= 0.3 is 0 Å². The summed E-state index contributed by atoms with van der Waals surface area (Å²) in [4.78, 5) is 0. The van der Waals surface area contributed by atoms with Gasteiger partial charge in [0.25, 0.3) is 0 Å². The van der Waals surface area contributed by atoms with E-state index in [2.05, 4.69) is 0 Å². The molecule has 1 aromatic carbocycles. The van der Waals surface area contributed by atoms with Crippen molar-refractivity contribution in [3.8, 4) is 0 Å². The van der Waals surface area contributed by atoms with Crippen molar-refractivity contribution in [3.05, 3.63) is 29.8 Å². The van der Waals surface area contributed by atoms with Crippen LogP contribution in [0.1, 0.15) is 44.1 Å². The van der Waals surface area contributed by atoms with Crippen LogP contribution in [0.15, 0.2) is 24.3 Å². The van der Waals surface area contributed by atoms with Gasteiger partial charge in [-0.25, -0.2) is 12.7 Å². The second-order valence-corrected chi connectivity index (χ2v) is 8.53. The Kier molecular flexibility index (Phi) is 3.97. The standard InChI is InChI=1S/C16H24N2O2S/c17-15-6-2-1-5-14(15)13-21(19,20)18-11-9-16(10-12-18)7-3-4-8-16/h1-2,5-6H,3-4,7-13,17H2. The van der Waals surface area contributed by atoms with E-state index in [1.807, 2.05) is 12.1 Å². The Hall–Kier alpha value is -1.07. The molecule has 1 aliphatic heterocycles. The fraction of sp³-hybridized carbons (Fsp3) is 0.625. The van der Waals surface area contributed by atoms with Crippen molar-refractivity contribution in [1.82, 2.24) is 4.31 Å². The van der Waals surface area contributed by atoms with Crippen LogP contribution < -0.4 is 5.73 Å². The van der Waals surface area contributed by atoms with Crippen LogP contribution in [-0.2, 0) is 15.8 Å². The summed E-state index contributed by atoms with van der Waals surface area (Å²) < 4.78 is 26.8. The Morgan fingerprint density at radius 2 is 1.67 bits per heavy atom. The van der Waals surface area contributed by atoms with Crippen LogP contribution in [-0.4, -0.2) is 25.8 Å². The molecule has 0 radical (unpaired) electrons. The van der Waals surface area contributed by atoms with Gasteiger partial charge < -0.3 is 5.73 Å². The van der Waals surface area contributed by atoms with Crippen LogP contribution in [0.3, 0.4) is 0 Å². The highest BCUT2D eigenvalue weighted by molar-refractivity contribution is 7.88. The van der Waals surface area contributed by atoms with Gasteiger partial charge in [-0.3, -0.25) is 0 Å². The van der Waals surface area contributed by atoms with Crippen molar-refractivity contribution in [2.45, 2.75) is 44.3 Å². The predicted molar refractivity (Wildman–Crippen MR) is 85.2 cm³/mol. The third kappa shape index (κ3) is 3.09. The summed E-state index contributed by atoms with van der Waals surface area (Å²) in [6, 6.07) is 7.23. The first-order valence-corrected chi connectivity index (χ1v) is 9.43. The third-order valence-electron chi connectivity index (χ3n) is 5.23. The Morgan fingerprint density at radius 1 is 1.05 bits per heavy atom.